The monoisotopic (exact) mass is 417 g/mol. The largest absolute Gasteiger partial charge is 0.494 e. The lowest BCUT2D eigenvalue weighted by molar-refractivity contribution is -0.119. The van der Waals surface area contributed by atoms with Gasteiger partial charge < -0.3 is 4.74 Å². The van der Waals surface area contributed by atoms with Crippen molar-refractivity contribution in [1.82, 2.24) is 5.43 Å². The number of carbonyl (C=O) groups excluding carboxylic acids is 1. The third-order valence-corrected chi connectivity index (χ3v) is 5.59. The molecule has 2 aromatic carbocycles. The smallest absolute Gasteiger partial charge is 0.260 e. The van der Waals surface area contributed by atoms with E-state index in [-0.39, 0.29) is 6.54 Å². The molecule has 2 aromatic rings. The molecule has 0 unspecified atom stereocenters. The van der Waals surface area contributed by atoms with Crippen LogP contribution in [0.2, 0.25) is 0 Å². The van der Waals surface area contributed by atoms with Crippen LogP contribution in [0, 0.1) is 13.8 Å². The average molecular weight is 418 g/mol. The van der Waals surface area contributed by atoms with Gasteiger partial charge in [-0.05, 0) is 74.7 Å². The highest BCUT2D eigenvalue weighted by Gasteiger charge is 2.22. The molecule has 0 saturated carbocycles. The third kappa shape index (κ3) is 6.05. The molecule has 1 amide bonds. The number of hydrazone groups is 1. The summed E-state index contributed by atoms with van der Waals surface area (Å²) < 4.78 is 31.0. The van der Waals surface area contributed by atoms with Crippen molar-refractivity contribution in [2.24, 2.45) is 5.10 Å². The van der Waals surface area contributed by atoms with Crippen molar-refractivity contribution >= 4 is 27.3 Å². The number of sulfonamides is 1. The summed E-state index contributed by atoms with van der Waals surface area (Å²) in [5, 5.41) is 4.09. The first-order chi connectivity index (χ1) is 13.6. The summed E-state index contributed by atoms with van der Waals surface area (Å²) >= 11 is 0. The molecule has 0 heterocycles. The van der Waals surface area contributed by atoms with Gasteiger partial charge in [0.1, 0.15) is 12.3 Å². The van der Waals surface area contributed by atoms with E-state index in [4.69, 9.17) is 4.74 Å². The minimum atomic E-state index is -3.64. The van der Waals surface area contributed by atoms with Crippen LogP contribution in [0.1, 0.15) is 30.5 Å². The number of hydrogen-bond acceptors (Lipinski definition) is 5. The van der Waals surface area contributed by atoms with Gasteiger partial charge in [0.15, 0.2) is 0 Å². The molecule has 0 atom stereocenters. The fraction of sp³-hybridized carbons (Fsp3) is 0.333. The molecular weight excluding hydrogens is 390 g/mol. The normalized spacial score (nSPS) is 11.8. The lowest BCUT2D eigenvalue weighted by Crippen LogP contribution is -2.39. The summed E-state index contributed by atoms with van der Waals surface area (Å²) in [6.07, 6.45) is 1.08. The fourth-order valence-electron chi connectivity index (χ4n) is 2.72. The number of aryl methyl sites for hydroxylation is 1. The van der Waals surface area contributed by atoms with Gasteiger partial charge in [-0.3, -0.25) is 9.10 Å². The van der Waals surface area contributed by atoms with Gasteiger partial charge in [-0.2, -0.15) is 5.10 Å². The van der Waals surface area contributed by atoms with Gasteiger partial charge in [-0.15, -0.1) is 0 Å². The van der Waals surface area contributed by atoms with Crippen molar-refractivity contribution in [2.45, 2.75) is 27.7 Å². The van der Waals surface area contributed by atoms with E-state index in [1.54, 1.807) is 19.1 Å². The van der Waals surface area contributed by atoms with Gasteiger partial charge >= 0.3 is 0 Å². The van der Waals surface area contributed by atoms with E-state index in [9.17, 15) is 13.2 Å². The molecule has 0 spiro atoms. The average Bonchev–Trinajstić information content (AvgIpc) is 2.66. The molecule has 0 aliphatic heterocycles. The second-order valence-corrected chi connectivity index (χ2v) is 8.59. The molecule has 8 heteroatoms. The quantitative estimate of drug-likeness (QED) is 0.528. The fourth-order valence-corrected chi connectivity index (χ4v) is 3.63. The number of anilines is 1. The first kappa shape index (κ1) is 22.4. The maximum Gasteiger partial charge on any atom is 0.260 e. The Labute approximate surface area is 172 Å². The van der Waals surface area contributed by atoms with Gasteiger partial charge in [0.05, 0.1) is 24.3 Å². The van der Waals surface area contributed by atoms with Crippen LogP contribution >= 0.6 is 0 Å². The zero-order valence-electron chi connectivity index (χ0n) is 17.4. The van der Waals surface area contributed by atoms with E-state index in [0.717, 1.165) is 33.0 Å². The van der Waals surface area contributed by atoms with E-state index in [0.29, 0.717) is 18.0 Å². The van der Waals surface area contributed by atoms with Crippen LogP contribution in [0.15, 0.2) is 47.6 Å². The molecule has 2 rings (SSSR count). The molecule has 0 aliphatic carbocycles. The molecule has 1 N–H and O–H groups in total. The summed E-state index contributed by atoms with van der Waals surface area (Å²) in [5.74, 6) is 0.229. The lowest BCUT2D eigenvalue weighted by atomic mass is 10.1. The molecule has 7 nitrogen and oxygen atoms in total. The third-order valence-electron chi connectivity index (χ3n) is 4.46. The van der Waals surface area contributed by atoms with Gasteiger partial charge in [0, 0.05) is 0 Å². The number of amides is 1. The second-order valence-electron chi connectivity index (χ2n) is 6.68. The van der Waals surface area contributed by atoms with Crippen LogP contribution in [-0.4, -0.2) is 39.4 Å². The SMILES string of the molecule is CCOc1ccc(/C(C)=N\NC(=O)CN(c2cccc(C)c2C)S(C)(=O)=O)cc1. The Morgan fingerprint density at radius 1 is 1.14 bits per heavy atom. The minimum Gasteiger partial charge on any atom is -0.494 e. The summed E-state index contributed by atoms with van der Waals surface area (Å²) in [5.41, 5.74) is 6.09. The van der Waals surface area contributed by atoms with Gasteiger partial charge in [0.25, 0.3) is 5.91 Å². The number of benzene rings is 2. The van der Waals surface area contributed by atoms with Crippen LogP contribution < -0.4 is 14.5 Å². The molecule has 0 bridgehead atoms. The molecular formula is C21H27N3O4S. The molecule has 0 radical (unpaired) electrons. The molecule has 29 heavy (non-hydrogen) atoms. The predicted octanol–water partition coefficient (Wildman–Crippen LogP) is 3.01. The molecule has 0 aromatic heterocycles. The number of hydrogen-bond donors (Lipinski definition) is 1. The lowest BCUT2D eigenvalue weighted by Gasteiger charge is -2.24. The Kier molecular flexibility index (Phi) is 7.39. The van der Waals surface area contributed by atoms with E-state index < -0.39 is 15.9 Å². The van der Waals surface area contributed by atoms with Crippen molar-refractivity contribution in [3.63, 3.8) is 0 Å². The minimum absolute atomic E-state index is 0.358. The summed E-state index contributed by atoms with van der Waals surface area (Å²) in [4.78, 5) is 12.4. The van der Waals surface area contributed by atoms with Crippen LogP contribution in [-0.2, 0) is 14.8 Å². The topological polar surface area (TPSA) is 88.1 Å². The van der Waals surface area contributed by atoms with Crippen molar-refractivity contribution in [3.8, 4) is 5.75 Å². The number of ether oxygens (including phenoxy) is 1. The Balaban J connectivity index is 2.14. The molecule has 0 fully saturated rings. The summed E-state index contributed by atoms with van der Waals surface area (Å²) in [6, 6.07) is 12.7. The van der Waals surface area contributed by atoms with Gasteiger partial charge in [-0.1, -0.05) is 12.1 Å². The number of carbonyl (C=O) groups is 1. The van der Waals surface area contributed by atoms with Crippen LogP contribution in [0.3, 0.4) is 0 Å². The number of nitrogens with zero attached hydrogens (tertiary/aromatic N) is 2. The second kappa shape index (κ2) is 9.56. The van der Waals surface area contributed by atoms with Crippen molar-refractivity contribution in [1.29, 1.82) is 0 Å². The Bertz CT molecular complexity index is 999. The number of rotatable bonds is 8. The highest BCUT2D eigenvalue weighted by atomic mass is 32.2. The van der Waals surface area contributed by atoms with Crippen LogP contribution in [0.25, 0.3) is 0 Å². The van der Waals surface area contributed by atoms with E-state index in [2.05, 4.69) is 10.5 Å². The zero-order chi connectivity index (χ0) is 21.6. The highest BCUT2D eigenvalue weighted by molar-refractivity contribution is 7.92. The van der Waals surface area contributed by atoms with Gasteiger partial charge in [0.2, 0.25) is 10.0 Å². The zero-order valence-corrected chi connectivity index (χ0v) is 18.2. The Hall–Kier alpha value is -2.87. The van der Waals surface area contributed by atoms with Gasteiger partial charge in [-0.25, -0.2) is 13.8 Å². The molecule has 0 saturated heterocycles. The summed E-state index contributed by atoms with van der Waals surface area (Å²) in [6.45, 7) is 7.62. The van der Waals surface area contributed by atoms with Crippen molar-refractivity contribution in [2.75, 3.05) is 23.7 Å². The highest BCUT2D eigenvalue weighted by Crippen LogP contribution is 2.24. The van der Waals surface area contributed by atoms with Crippen LogP contribution in [0.4, 0.5) is 5.69 Å². The van der Waals surface area contributed by atoms with E-state index >= 15 is 0 Å². The molecule has 0 aliphatic rings. The van der Waals surface area contributed by atoms with E-state index in [1.807, 2.05) is 51.1 Å². The maximum atomic E-state index is 12.4. The van der Waals surface area contributed by atoms with Crippen LogP contribution in [0.5, 0.6) is 5.75 Å². The maximum absolute atomic E-state index is 12.4. The Morgan fingerprint density at radius 3 is 2.38 bits per heavy atom. The van der Waals surface area contributed by atoms with E-state index in [1.165, 1.54) is 0 Å². The first-order valence-electron chi connectivity index (χ1n) is 9.23. The van der Waals surface area contributed by atoms with Crippen molar-refractivity contribution in [3.05, 3.63) is 59.2 Å². The number of nitrogens with one attached hydrogen (secondary N) is 1. The molecule has 156 valence electrons. The van der Waals surface area contributed by atoms with Crippen molar-refractivity contribution < 1.29 is 17.9 Å². The summed E-state index contributed by atoms with van der Waals surface area (Å²) in [7, 11) is -3.64. The standard InChI is InChI=1S/C21H27N3O4S/c1-6-28-19-12-10-18(11-13-19)17(4)22-23-21(25)14-24(29(5,26)27)20-9-7-8-15(2)16(20)3/h7-13H,6,14H2,1-5H3,(H,23,25)/b22-17-. The first-order valence-corrected chi connectivity index (χ1v) is 11.1. The Morgan fingerprint density at radius 2 is 1.79 bits per heavy atom. The predicted molar refractivity (Wildman–Crippen MR) is 116 cm³/mol.